The normalized spacial score (nSPS) is 24.2. The van der Waals surface area contributed by atoms with E-state index in [4.69, 9.17) is 5.11 Å². The summed E-state index contributed by atoms with van der Waals surface area (Å²) in [5.41, 5.74) is 1.18. The predicted molar refractivity (Wildman–Crippen MR) is 61.7 cm³/mol. The molecule has 0 spiro atoms. The summed E-state index contributed by atoms with van der Waals surface area (Å²) in [6.45, 7) is 0.717. The standard InChI is InChI=1S/C11H14N2O2S/c14-6-7-4-10(15)13(5-7)11-12-8-2-1-3-9(8)16-11/h7,14H,1-6H2. The summed E-state index contributed by atoms with van der Waals surface area (Å²) in [4.78, 5) is 19.4. The molecule has 2 aliphatic rings. The number of carbonyl (C=O) groups excluding carboxylic acids is 1. The minimum atomic E-state index is 0.0891. The van der Waals surface area contributed by atoms with Crippen molar-refractivity contribution >= 4 is 22.4 Å². The maximum atomic E-state index is 11.8. The number of hydrogen-bond donors (Lipinski definition) is 1. The van der Waals surface area contributed by atoms with E-state index in [1.807, 2.05) is 0 Å². The highest BCUT2D eigenvalue weighted by atomic mass is 32.1. The summed E-state index contributed by atoms with van der Waals surface area (Å²) in [7, 11) is 0. The van der Waals surface area contributed by atoms with Crippen LogP contribution >= 0.6 is 11.3 Å². The number of thiazole rings is 1. The van der Waals surface area contributed by atoms with Crippen LogP contribution < -0.4 is 4.90 Å². The quantitative estimate of drug-likeness (QED) is 0.835. The van der Waals surface area contributed by atoms with Crippen LogP contribution in [0, 0.1) is 5.92 Å². The van der Waals surface area contributed by atoms with Gasteiger partial charge in [-0.1, -0.05) is 0 Å². The molecule has 0 saturated carbocycles. The molecule has 1 fully saturated rings. The Labute approximate surface area is 97.9 Å². The number of nitrogens with zero attached hydrogens (tertiary/aromatic N) is 2. The molecule has 1 atom stereocenters. The molecule has 1 aromatic heterocycles. The average molecular weight is 238 g/mol. The first-order valence-corrected chi connectivity index (χ1v) is 6.49. The summed E-state index contributed by atoms with van der Waals surface area (Å²) in [6, 6.07) is 0. The summed E-state index contributed by atoms with van der Waals surface area (Å²) in [5.74, 6) is 0.192. The molecule has 1 aromatic rings. The van der Waals surface area contributed by atoms with Crippen LogP contribution in [-0.2, 0) is 17.6 Å². The van der Waals surface area contributed by atoms with Gasteiger partial charge in [-0.3, -0.25) is 9.69 Å². The lowest BCUT2D eigenvalue weighted by Gasteiger charge is -2.12. The van der Waals surface area contributed by atoms with Crippen LogP contribution in [0.4, 0.5) is 5.13 Å². The van der Waals surface area contributed by atoms with Gasteiger partial charge < -0.3 is 5.11 Å². The molecule has 5 heteroatoms. The van der Waals surface area contributed by atoms with Gasteiger partial charge in [-0.25, -0.2) is 4.98 Å². The number of aromatic nitrogens is 1. The second-order valence-electron chi connectivity index (χ2n) is 4.48. The van der Waals surface area contributed by atoms with Crippen LogP contribution in [0.1, 0.15) is 23.4 Å². The number of rotatable bonds is 2. The minimum Gasteiger partial charge on any atom is -0.396 e. The highest BCUT2D eigenvalue weighted by Gasteiger charge is 2.32. The van der Waals surface area contributed by atoms with Crippen LogP contribution in [0.15, 0.2) is 0 Å². The molecule has 0 aromatic carbocycles. The van der Waals surface area contributed by atoms with Crippen molar-refractivity contribution in [2.24, 2.45) is 5.92 Å². The zero-order chi connectivity index (χ0) is 11.1. The Balaban J connectivity index is 1.84. The van der Waals surface area contributed by atoms with E-state index in [1.165, 1.54) is 17.0 Å². The summed E-state index contributed by atoms with van der Waals surface area (Å²) in [6.07, 6.45) is 3.82. The molecular weight excluding hydrogens is 224 g/mol. The average Bonchev–Trinajstić information content (AvgIpc) is 2.89. The van der Waals surface area contributed by atoms with Gasteiger partial charge >= 0.3 is 0 Å². The molecule has 86 valence electrons. The fourth-order valence-electron chi connectivity index (χ4n) is 2.38. The van der Waals surface area contributed by atoms with Gasteiger partial charge in [0.05, 0.1) is 5.69 Å². The van der Waals surface area contributed by atoms with Crippen LogP contribution in [-0.4, -0.2) is 29.1 Å². The SMILES string of the molecule is O=C1CC(CO)CN1c1nc2c(s1)CCC2. The van der Waals surface area contributed by atoms with Crippen LogP contribution in [0.2, 0.25) is 0 Å². The number of aliphatic hydroxyl groups is 1. The molecule has 1 amide bonds. The maximum absolute atomic E-state index is 11.8. The van der Waals surface area contributed by atoms with Crippen LogP contribution in [0.5, 0.6) is 0 Å². The van der Waals surface area contributed by atoms with E-state index in [0.717, 1.165) is 18.0 Å². The highest BCUT2D eigenvalue weighted by Crippen LogP contribution is 2.35. The maximum Gasteiger partial charge on any atom is 0.229 e. The van der Waals surface area contributed by atoms with Crippen molar-refractivity contribution in [3.63, 3.8) is 0 Å². The Morgan fingerprint density at radius 2 is 2.38 bits per heavy atom. The van der Waals surface area contributed by atoms with Gasteiger partial charge in [-0.05, 0) is 19.3 Å². The summed E-state index contributed by atoms with van der Waals surface area (Å²) >= 11 is 1.65. The second-order valence-corrected chi connectivity index (χ2v) is 5.54. The van der Waals surface area contributed by atoms with Crippen LogP contribution in [0.25, 0.3) is 0 Å². The van der Waals surface area contributed by atoms with Gasteiger partial charge in [-0.2, -0.15) is 0 Å². The second kappa shape index (κ2) is 3.82. The molecule has 4 nitrogen and oxygen atoms in total. The lowest BCUT2D eigenvalue weighted by atomic mass is 10.1. The van der Waals surface area contributed by atoms with Gasteiger partial charge in [0.25, 0.3) is 0 Å². The Morgan fingerprint density at radius 3 is 3.06 bits per heavy atom. The molecular formula is C11H14N2O2S. The Morgan fingerprint density at radius 1 is 1.50 bits per heavy atom. The number of anilines is 1. The third kappa shape index (κ3) is 1.55. The molecule has 3 rings (SSSR count). The lowest BCUT2D eigenvalue weighted by molar-refractivity contribution is -0.117. The van der Waals surface area contributed by atoms with E-state index >= 15 is 0 Å². The number of aliphatic hydroxyl groups excluding tert-OH is 1. The Hall–Kier alpha value is -0.940. The van der Waals surface area contributed by atoms with Gasteiger partial charge in [0.2, 0.25) is 5.91 Å². The number of hydrogen-bond acceptors (Lipinski definition) is 4. The van der Waals surface area contributed by atoms with Gasteiger partial charge in [-0.15, -0.1) is 11.3 Å². The summed E-state index contributed by atoms with van der Waals surface area (Å²) < 4.78 is 0. The van der Waals surface area contributed by atoms with E-state index in [9.17, 15) is 4.79 Å². The molecule has 1 aliphatic heterocycles. The zero-order valence-electron chi connectivity index (χ0n) is 8.98. The Bertz CT molecular complexity index is 408. The molecule has 1 N–H and O–H groups in total. The minimum absolute atomic E-state index is 0.0891. The van der Waals surface area contributed by atoms with E-state index in [1.54, 1.807) is 16.2 Å². The van der Waals surface area contributed by atoms with E-state index in [0.29, 0.717) is 13.0 Å². The number of aryl methyl sites for hydroxylation is 2. The molecule has 0 radical (unpaired) electrons. The van der Waals surface area contributed by atoms with Crippen molar-refractivity contribution < 1.29 is 9.90 Å². The highest BCUT2D eigenvalue weighted by molar-refractivity contribution is 7.16. The first-order chi connectivity index (χ1) is 7.78. The smallest absolute Gasteiger partial charge is 0.229 e. The Kier molecular flexibility index (Phi) is 2.44. The number of carbonyl (C=O) groups is 1. The zero-order valence-corrected chi connectivity index (χ0v) is 9.79. The topological polar surface area (TPSA) is 53.4 Å². The predicted octanol–water partition coefficient (Wildman–Crippen LogP) is 0.977. The lowest BCUT2D eigenvalue weighted by Crippen LogP contribution is -2.24. The molecule has 0 bridgehead atoms. The van der Waals surface area contributed by atoms with E-state index in [2.05, 4.69) is 4.98 Å². The fourth-order valence-corrected chi connectivity index (χ4v) is 3.56. The fraction of sp³-hybridized carbons (Fsp3) is 0.636. The van der Waals surface area contributed by atoms with Crippen molar-refractivity contribution in [2.75, 3.05) is 18.1 Å². The van der Waals surface area contributed by atoms with Gasteiger partial charge in [0.1, 0.15) is 0 Å². The van der Waals surface area contributed by atoms with Crippen LogP contribution in [0.3, 0.4) is 0 Å². The molecule has 1 saturated heterocycles. The molecule has 1 aliphatic carbocycles. The van der Waals surface area contributed by atoms with E-state index in [-0.39, 0.29) is 18.4 Å². The third-order valence-electron chi connectivity index (χ3n) is 3.28. The van der Waals surface area contributed by atoms with Crippen molar-refractivity contribution in [1.82, 2.24) is 4.98 Å². The summed E-state index contributed by atoms with van der Waals surface area (Å²) in [5, 5.41) is 9.91. The molecule has 2 heterocycles. The molecule has 16 heavy (non-hydrogen) atoms. The van der Waals surface area contributed by atoms with E-state index < -0.39 is 0 Å². The largest absolute Gasteiger partial charge is 0.396 e. The molecule has 1 unspecified atom stereocenters. The first-order valence-electron chi connectivity index (χ1n) is 5.67. The first kappa shape index (κ1) is 10.2. The van der Waals surface area contributed by atoms with Crippen molar-refractivity contribution in [1.29, 1.82) is 0 Å². The monoisotopic (exact) mass is 238 g/mol. The van der Waals surface area contributed by atoms with Crippen molar-refractivity contribution in [3.8, 4) is 0 Å². The van der Waals surface area contributed by atoms with Gasteiger partial charge in [0, 0.05) is 30.4 Å². The van der Waals surface area contributed by atoms with Crippen molar-refractivity contribution in [2.45, 2.75) is 25.7 Å². The third-order valence-corrected chi connectivity index (χ3v) is 4.46. The number of amides is 1. The van der Waals surface area contributed by atoms with Gasteiger partial charge in [0.15, 0.2) is 5.13 Å². The van der Waals surface area contributed by atoms with Crippen molar-refractivity contribution in [3.05, 3.63) is 10.6 Å². The number of fused-ring (bicyclic) bond motifs is 1.